The molecule has 0 aliphatic rings. The van der Waals surface area contributed by atoms with E-state index < -0.39 is 21.3 Å². The summed E-state index contributed by atoms with van der Waals surface area (Å²) >= 11 is 7.83. The van der Waals surface area contributed by atoms with Crippen LogP contribution in [0.4, 0.5) is 13.2 Å². The number of ether oxygens (including phenoxy) is 1. The number of allylic oxidation sites excluding steroid dienone is 2. The second-order valence-electron chi connectivity index (χ2n) is 4.28. The van der Waals surface area contributed by atoms with Gasteiger partial charge in [-0.15, -0.1) is 0 Å². The summed E-state index contributed by atoms with van der Waals surface area (Å²) in [5.74, 6) is -0.463. The molecule has 0 aromatic heterocycles. The van der Waals surface area contributed by atoms with Crippen molar-refractivity contribution in [2.45, 2.75) is 43.1 Å². The maximum Gasteiger partial charge on any atom is 0.421 e. The molecule has 0 rings (SSSR count). The van der Waals surface area contributed by atoms with Crippen molar-refractivity contribution in [2.75, 3.05) is 7.11 Å². The molecule has 0 bridgehead atoms. The largest absolute Gasteiger partial charge is 0.469 e. The zero-order chi connectivity index (χ0) is 15.3. The molecule has 0 aromatic carbocycles. The molecule has 1 unspecified atom stereocenters. The molecule has 0 amide bonds. The highest BCUT2D eigenvalue weighted by Gasteiger charge is 2.50. The molecule has 0 spiro atoms. The Balaban J connectivity index is 5.19. The molecule has 0 saturated carbocycles. The van der Waals surface area contributed by atoms with Gasteiger partial charge in [-0.1, -0.05) is 47.5 Å². The number of alkyl halides is 5. The summed E-state index contributed by atoms with van der Waals surface area (Å²) in [6.07, 6.45) is -1.40. The average Bonchev–Trinajstić information content (AvgIpc) is 2.33. The van der Waals surface area contributed by atoms with E-state index in [1.165, 1.54) is 13.2 Å². The van der Waals surface area contributed by atoms with E-state index in [1.807, 2.05) is 0 Å². The Bertz CT molecular complexity index is 336. The first kappa shape index (κ1) is 18.8. The summed E-state index contributed by atoms with van der Waals surface area (Å²) in [5, 5.41) is 0. The summed E-state index contributed by atoms with van der Waals surface area (Å²) in [5.41, 5.74) is -0.688. The number of esters is 1. The zero-order valence-electron chi connectivity index (χ0n) is 11.0. The fourth-order valence-electron chi connectivity index (χ4n) is 1.53. The highest BCUT2D eigenvalue weighted by Crippen LogP contribution is 2.44. The smallest absolute Gasteiger partial charge is 0.421 e. The molecule has 0 fully saturated rings. The van der Waals surface area contributed by atoms with E-state index >= 15 is 0 Å². The van der Waals surface area contributed by atoms with Crippen LogP contribution in [-0.4, -0.2) is 23.0 Å². The van der Waals surface area contributed by atoms with E-state index in [-0.39, 0.29) is 6.42 Å². The molecule has 2 nitrogen and oxygen atoms in total. The van der Waals surface area contributed by atoms with Crippen LogP contribution >= 0.6 is 27.5 Å². The van der Waals surface area contributed by atoms with Crippen molar-refractivity contribution in [3.8, 4) is 0 Å². The molecule has 112 valence electrons. The second kappa shape index (κ2) is 6.97. The first-order chi connectivity index (χ1) is 8.53. The molecule has 0 aliphatic heterocycles. The molecule has 0 aliphatic carbocycles. The van der Waals surface area contributed by atoms with Gasteiger partial charge in [0.05, 0.1) is 13.5 Å². The lowest BCUT2D eigenvalue weighted by atomic mass is 9.79. The van der Waals surface area contributed by atoms with E-state index in [0.717, 1.165) is 6.08 Å². The first-order valence-electron chi connectivity index (χ1n) is 5.75. The SMILES string of the molecule is CCC(C=CC(Cl)(Br)C(F)(F)F)(CC)CC(=O)OC. The highest BCUT2D eigenvalue weighted by molar-refractivity contribution is 9.10. The van der Waals surface area contributed by atoms with Gasteiger partial charge < -0.3 is 4.74 Å². The molecule has 0 radical (unpaired) electrons. The Morgan fingerprint density at radius 1 is 1.26 bits per heavy atom. The Hall–Kier alpha value is -0.230. The van der Waals surface area contributed by atoms with Gasteiger partial charge in [0.15, 0.2) is 0 Å². The van der Waals surface area contributed by atoms with Crippen molar-refractivity contribution in [3.05, 3.63) is 12.2 Å². The number of halogens is 5. The summed E-state index contributed by atoms with van der Waals surface area (Å²) < 4.78 is 39.8. The number of rotatable bonds is 6. The average molecular weight is 366 g/mol. The van der Waals surface area contributed by atoms with Gasteiger partial charge >= 0.3 is 12.1 Å². The van der Waals surface area contributed by atoms with Gasteiger partial charge in [0.25, 0.3) is 0 Å². The first-order valence-corrected chi connectivity index (χ1v) is 6.92. The van der Waals surface area contributed by atoms with E-state index in [4.69, 9.17) is 11.6 Å². The number of hydrogen-bond acceptors (Lipinski definition) is 2. The van der Waals surface area contributed by atoms with Crippen molar-refractivity contribution in [2.24, 2.45) is 5.41 Å². The maximum atomic E-state index is 12.6. The number of carbonyl (C=O) groups is 1. The lowest BCUT2D eigenvalue weighted by Crippen LogP contribution is -2.32. The van der Waals surface area contributed by atoms with Gasteiger partial charge in [0, 0.05) is 0 Å². The second-order valence-corrected chi connectivity index (χ2v) is 6.58. The Morgan fingerprint density at radius 2 is 1.74 bits per heavy atom. The fourth-order valence-corrected chi connectivity index (χ4v) is 1.73. The third-order valence-electron chi connectivity index (χ3n) is 3.16. The van der Waals surface area contributed by atoms with Crippen LogP contribution in [0.25, 0.3) is 0 Å². The van der Waals surface area contributed by atoms with Crippen molar-refractivity contribution < 1.29 is 22.7 Å². The van der Waals surface area contributed by atoms with Gasteiger partial charge in [0.1, 0.15) is 0 Å². The molecule has 0 heterocycles. The van der Waals surface area contributed by atoms with Crippen molar-refractivity contribution >= 4 is 33.5 Å². The normalized spacial score (nSPS) is 16.4. The van der Waals surface area contributed by atoms with Crippen LogP contribution in [0, 0.1) is 5.41 Å². The lowest BCUT2D eigenvalue weighted by molar-refractivity contribution is -0.142. The zero-order valence-corrected chi connectivity index (χ0v) is 13.3. The van der Waals surface area contributed by atoms with E-state index in [2.05, 4.69) is 20.7 Å². The van der Waals surface area contributed by atoms with Crippen molar-refractivity contribution in [3.63, 3.8) is 0 Å². The molecule has 0 saturated heterocycles. The molecular weight excluding hydrogens is 348 g/mol. The third-order valence-corrected chi connectivity index (χ3v) is 4.21. The van der Waals surface area contributed by atoms with Gasteiger partial charge in [-0.25, -0.2) is 0 Å². The van der Waals surface area contributed by atoms with E-state index in [0.29, 0.717) is 12.8 Å². The molecule has 0 N–H and O–H groups in total. The summed E-state index contributed by atoms with van der Waals surface area (Å²) in [6.45, 7) is 3.60. The predicted octanol–water partition coefficient (Wildman–Crippen LogP) is 4.80. The Kier molecular flexibility index (Phi) is 6.89. The van der Waals surface area contributed by atoms with Crippen LogP contribution in [0.3, 0.4) is 0 Å². The summed E-state index contributed by atoms with van der Waals surface area (Å²) in [6, 6.07) is 0. The molecule has 19 heavy (non-hydrogen) atoms. The Morgan fingerprint density at radius 3 is 2.05 bits per heavy atom. The van der Waals surface area contributed by atoms with Gasteiger partial charge in [0.2, 0.25) is 3.78 Å². The maximum absolute atomic E-state index is 12.6. The van der Waals surface area contributed by atoms with E-state index in [1.54, 1.807) is 13.8 Å². The highest BCUT2D eigenvalue weighted by atomic mass is 79.9. The van der Waals surface area contributed by atoms with Crippen LogP contribution in [0.15, 0.2) is 12.2 Å². The number of methoxy groups -OCH3 is 1. The van der Waals surface area contributed by atoms with Crippen LogP contribution < -0.4 is 0 Å². The van der Waals surface area contributed by atoms with Gasteiger partial charge in [-0.2, -0.15) is 13.2 Å². The topological polar surface area (TPSA) is 26.3 Å². The quantitative estimate of drug-likeness (QED) is 0.384. The van der Waals surface area contributed by atoms with E-state index in [9.17, 15) is 18.0 Å². The fraction of sp³-hybridized carbons (Fsp3) is 0.750. The predicted molar refractivity (Wildman–Crippen MR) is 72.4 cm³/mol. The summed E-state index contributed by atoms with van der Waals surface area (Å²) in [4.78, 5) is 11.3. The summed E-state index contributed by atoms with van der Waals surface area (Å²) in [7, 11) is 1.24. The van der Waals surface area contributed by atoms with Crippen LogP contribution in [0.1, 0.15) is 33.1 Å². The number of hydrogen-bond donors (Lipinski definition) is 0. The van der Waals surface area contributed by atoms with Crippen LogP contribution in [0.2, 0.25) is 0 Å². The molecule has 7 heteroatoms. The molecular formula is C12H17BrClF3O2. The third kappa shape index (κ3) is 5.34. The monoisotopic (exact) mass is 364 g/mol. The standard InChI is InChI=1S/C12H17BrClF3O2/c1-4-10(5-2,8-9(18)19-3)6-7-11(13,14)12(15,16)17/h6-7H,4-5,8H2,1-3H3. The Labute approximate surface area is 124 Å². The van der Waals surface area contributed by atoms with Crippen LogP contribution in [0.5, 0.6) is 0 Å². The van der Waals surface area contributed by atoms with Crippen molar-refractivity contribution in [1.82, 2.24) is 0 Å². The minimum Gasteiger partial charge on any atom is -0.469 e. The van der Waals surface area contributed by atoms with Gasteiger partial charge in [-0.05, 0) is 24.3 Å². The van der Waals surface area contributed by atoms with Gasteiger partial charge in [-0.3, -0.25) is 4.79 Å². The van der Waals surface area contributed by atoms with Crippen LogP contribution in [-0.2, 0) is 9.53 Å². The lowest BCUT2D eigenvalue weighted by Gasteiger charge is -2.28. The minimum atomic E-state index is -4.62. The molecule has 1 atom stereocenters. The van der Waals surface area contributed by atoms with Crippen molar-refractivity contribution in [1.29, 1.82) is 0 Å². The number of carbonyl (C=O) groups excluding carboxylic acids is 1. The minimum absolute atomic E-state index is 0.0187. The molecule has 0 aromatic rings.